The smallest absolute Gasteiger partial charge is 0.272 e. The zero-order chi connectivity index (χ0) is 24.7. The summed E-state index contributed by atoms with van der Waals surface area (Å²) in [7, 11) is 0. The molecule has 0 saturated heterocycles. The molecular formula is C27H24N4O4. The van der Waals surface area contributed by atoms with Crippen molar-refractivity contribution in [1.82, 2.24) is 14.7 Å². The van der Waals surface area contributed by atoms with Crippen LogP contribution < -0.4 is 15.8 Å². The number of nitrogens with zero attached hydrogens (tertiary/aromatic N) is 2. The number of anilines is 1. The van der Waals surface area contributed by atoms with E-state index in [4.69, 9.17) is 10.5 Å². The predicted octanol–water partition coefficient (Wildman–Crippen LogP) is 3.41. The fourth-order valence-corrected chi connectivity index (χ4v) is 5.17. The number of benzene rings is 2. The Bertz CT molecular complexity index is 1570. The van der Waals surface area contributed by atoms with E-state index in [1.54, 1.807) is 40.9 Å². The van der Waals surface area contributed by atoms with Crippen molar-refractivity contribution < 1.29 is 19.4 Å². The highest BCUT2D eigenvalue weighted by Gasteiger charge is 2.72. The molecule has 1 aliphatic heterocycles. The van der Waals surface area contributed by atoms with Gasteiger partial charge in [0.15, 0.2) is 0 Å². The normalized spacial score (nSPS) is 22.1. The number of pyridine rings is 1. The van der Waals surface area contributed by atoms with Gasteiger partial charge in [0.25, 0.3) is 11.7 Å². The largest absolute Gasteiger partial charge is 0.454 e. The number of aliphatic hydroxyl groups is 1. The highest BCUT2D eigenvalue weighted by atomic mass is 16.6. The van der Waals surface area contributed by atoms with Crippen LogP contribution in [0.4, 0.5) is 5.69 Å². The number of imidazole rings is 1. The molecule has 0 spiro atoms. The molecule has 1 aliphatic carbocycles. The lowest BCUT2D eigenvalue weighted by Crippen LogP contribution is -2.60. The first-order valence-electron chi connectivity index (χ1n) is 11.4. The number of aromatic nitrogens is 2. The molecule has 1 amide bonds. The second kappa shape index (κ2) is 6.93. The van der Waals surface area contributed by atoms with Gasteiger partial charge in [0.2, 0.25) is 11.3 Å². The van der Waals surface area contributed by atoms with Crippen molar-refractivity contribution in [3.63, 3.8) is 0 Å². The van der Waals surface area contributed by atoms with Gasteiger partial charge in [0.1, 0.15) is 17.1 Å². The second-order valence-corrected chi connectivity index (χ2v) is 9.56. The number of ketones is 1. The summed E-state index contributed by atoms with van der Waals surface area (Å²) in [6.07, 6.45) is 3.39. The zero-order valence-corrected chi connectivity index (χ0v) is 19.5. The number of aryl methyl sites for hydroxylation is 1. The maximum absolute atomic E-state index is 14.0. The number of carbonyl (C=O) groups excluding carboxylic acids is 2. The van der Waals surface area contributed by atoms with Crippen molar-refractivity contribution >= 4 is 23.0 Å². The summed E-state index contributed by atoms with van der Waals surface area (Å²) < 4.78 is 7.84. The molecule has 3 heterocycles. The van der Waals surface area contributed by atoms with Gasteiger partial charge >= 0.3 is 0 Å². The summed E-state index contributed by atoms with van der Waals surface area (Å²) in [4.78, 5) is 32.0. The van der Waals surface area contributed by atoms with E-state index in [9.17, 15) is 14.7 Å². The molecule has 2 unspecified atom stereocenters. The number of hydrogen-bond acceptors (Lipinski definition) is 6. The van der Waals surface area contributed by atoms with Crippen molar-refractivity contribution in [3.05, 3.63) is 94.4 Å². The van der Waals surface area contributed by atoms with Crippen molar-refractivity contribution in [3.8, 4) is 5.75 Å². The molecule has 0 saturated carbocycles. The topological polar surface area (TPSA) is 119 Å². The molecule has 4 N–H and O–H groups in total. The molecule has 8 nitrogen and oxygen atoms in total. The Morgan fingerprint density at radius 2 is 1.97 bits per heavy atom. The van der Waals surface area contributed by atoms with Gasteiger partial charge in [-0.3, -0.25) is 9.59 Å². The summed E-state index contributed by atoms with van der Waals surface area (Å²) in [5, 5.41) is 14.8. The molecular weight excluding hydrogens is 444 g/mol. The first-order chi connectivity index (χ1) is 16.7. The molecule has 2 aromatic carbocycles. The van der Waals surface area contributed by atoms with Gasteiger partial charge in [-0.2, -0.15) is 0 Å². The van der Waals surface area contributed by atoms with Gasteiger partial charge in [0, 0.05) is 29.2 Å². The van der Waals surface area contributed by atoms with E-state index in [1.165, 1.54) is 0 Å². The van der Waals surface area contributed by atoms with Gasteiger partial charge in [-0.15, -0.1) is 0 Å². The molecule has 8 heteroatoms. The van der Waals surface area contributed by atoms with E-state index in [0.29, 0.717) is 17.0 Å². The maximum atomic E-state index is 14.0. The van der Waals surface area contributed by atoms with E-state index in [1.807, 2.05) is 45.2 Å². The molecule has 35 heavy (non-hydrogen) atoms. The SMILES string of the molecule is Cc1ccn2cc(C(=O)NC34C(=O)c5c(N)cccc5C3(O)Oc3cc(C(C)C)ccc34)nc2c1. The Hall–Kier alpha value is -4.17. The Morgan fingerprint density at radius 1 is 1.17 bits per heavy atom. The van der Waals surface area contributed by atoms with Gasteiger partial charge in [-0.05, 0) is 48.2 Å². The Balaban J connectivity index is 1.54. The van der Waals surface area contributed by atoms with Gasteiger partial charge in [-0.25, -0.2) is 4.98 Å². The van der Waals surface area contributed by atoms with Crippen LogP contribution in [0.2, 0.25) is 0 Å². The number of fused-ring (bicyclic) bond motifs is 6. The summed E-state index contributed by atoms with van der Waals surface area (Å²) in [6, 6.07) is 14.0. The molecule has 0 bridgehead atoms. The highest BCUT2D eigenvalue weighted by Crippen LogP contribution is 2.59. The summed E-state index contributed by atoms with van der Waals surface area (Å²) in [5.41, 5.74) is 7.85. The van der Waals surface area contributed by atoms with Crippen LogP contribution in [0.5, 0.6) is 5.75 Å². The lowest BCUT2D eigenvalue weighted by molar-refractivity contribution is -0.169. The van der Waals surface area contributed by atoms with Crippen LogP contribution in [0, 0.1) is 6.92 Å². The molecule has 6 rings (SSSR count). The monoisotopic (exact) mass is 468 g/mol. The molecule has 2 atom stereocenters. The summed E-state index contributed by atoms with van der Waals surface area (Å²) in [5.74, 6) is -2.78. The van der Waals surface area contributed by atoms with Crippen molar-refractivity contribution in [2.24, 2.45) is 0 Å². The van der Waals surface area contributed by atoms with E-state index in [-0.39, 0.29) is 28.4 Å². The number of hydrogen-bond donors (Lipinski definition) is 3. The third-order valence-electron chi connectivity index (χ3n) is 7.02. The minimum absolute atomic E-state index is 0.108. The second-order valence-electron chi connectivity index (χ2n) is 9.56. The van der Waals surface area contributed by atoms with E-state index < -0.39 is 23.0 Å². The molecule has 4 aromatic rings. The number of ether oxygens (including phenoxy) is 1. The van der Waals surface area contributed by atoms with Crippen LogP contribution in [-0.2, 0) is 11.3 Å². The third-order valence-corrected chi connectivity index (χ3v) is 7.02. The van der Waals surface area contributed by atoms with E-state index in [0.717, 1.165) is 11.1 Å². The Labute approximate surface area is 201 Å². The van der Waals surface area contributed by atoms with Crippen molar-refractivity contribution in [2.45, 2.75) is 38.0 Å². The van der Waals surface area contributed by atoms with Gasteiger partial charge < -0.3 is 25.3 Å². The Morgan fingerprint density at radius 3 is 2.74 bits per heavy atom. The lowest BCUT2D eigenvalue weighted by atomic mass is 9.82. The number of Topliss-reactive ketones (excluding diaryl/α,β-unsaturated/α-hetero) is 1. The first kappa shape index (κ1) is 21.4. The number of nitrogens with one attached hydrogen (secondary N) is 1. The fraction of sp³-hybridized carbons (Fsp3) is 0.222. The lowest BCUT2D eigenvalue weighted by Gasteiger charge is -2.34. The van der Waals surface area contributed by atoms with Crippen molar-refractivity contribution in [1.29, 1.82) is 0 Å². The number of amides is 1. The number of carbonyl (C=O) groups is 2. The fourth-order valence-electron chi connectivity index (χ4n) is 5.17. The molecule has 176 valence electrons. The predicted molar refractivity (Wildman–Crippen MR) is 129 cm³/mol. The molecule has 2 aliphatic rings. The van der Waals surface area contributed by atoms with Crippen LogP contribution in [0.15, 0.2) is 60.9 Å². The van der Waals surface area contributed by atoms with Gasteiger partial charge in [0.05, 0.1) is 5.56 Å². The number of rotatable bonds is 3. The summed E-state index contributed by atoms with van der Waals surface area (Å²) in [6.45, 7) is 6.01. The summed E-state index contributed by atoms with van der Waals surface area (Å²) >= 11 is 0. The van der Waals surface area contributed by atoms with Crippen LogP contribution in [0.3, 0.4) is 0 Å². The molecule has 0 fully saturated rings. The zero-order valence-electron chi connectivity index (χ0n) is 19.5. The van der Waals surface area contributed by atoms with E-state index >= 15 is 0 Å². The third kappa shape index (κ3) is 2.68. The average molecular weight is 469 g/mol. The molecule has 0 radical (unpaired) electrons. The average Bonchev–Trinajstić information content (AvgIpc) is 3.40. The molecule has 2 aromatic heterocycles. The quantitative estimate of drug-likeness (QED) is 0.397. The van der Waals surface area contributed by atoms with Crippen molar-refractivity contribution in [2.75, 3.05) is 5.73 Å². The van der Waals surface area contributed by atoms with Crippen LogP contribution in [0.25, 0.3) is 5.65 Å². The first-order valence-corrected chi connectivity index (χ1v) is 11.4. The van der Waals surface area contributed by atoms with E-state index in [2.05, 4.69) is 10.3 Å². The van der Waals surface area contributed by atoms with Gasteiger partial charge in [-0.1, -0.05) is 38.1 Å². The maximum Gasteiger partial charge on any atom is 0.272 e. The minimum atomic E-state index is -2.17. The highest BCUT2D eigenvalue weighted by molar-refractivity contribution is 6.15. The number of nitrogen functional groups attached to an aromatic ring is 1. The van der Waals surface area contributed by atoms with Crippen LogP contribution in [-0.4, -0.2) is 26.2 Å². The Kier molecular flexibility index (Phi) is 4.23. The number of nitrogens with two attached hydrogens (primary N) is 1. The standard InChI is InChI=1S/C27H24N4O4/c1-14(2)16-7-8-17-21(12-16)35-27(34)18-5-4-6-19(28)23(18)24(32)26(17,27)30-25(33)20-13-31-10-9-15(3)11-22(31)29-20/h4-14,34H,28H2,1-3H3,(H,30,33). The van der Waals surface area contributed by atoms with Crippen LogP contribution >= 0.6 is 0 Å². The van der Waals surface area contributed by atoms with Crippen LogP contribution in [0.1, 0.15) is 62.9 Å². The minimum Gasteiger partial charge on any atom is -0.454 e.